The first kappa shape index (κ1) is 22.4. The summed E-state index contributed by atoms with van der Waals surface area (Å²) in [5.41, 5.74) is 2.62. The second-order valence-electron chi connectivity index (χ2n) is 7.63. The van der Waals surface area contributed by atoms with Crippen LogP contribution in [0.3, 0.4) is 0 Å². The molecule has 0 spiro atoms. The quantitative estimate of drug-likeness (QED) is 0.315. The molecule has 2 unspecified atom stereocenters. The van der Waals surface area contributed by atoms with E-state index in [2.05, 4.69) is 46.7 Å². The number of nitrogens with one attached hydrogen (secondary N) is 2. The summed E-state index contributed by atoms with van der Waals surface area (Å²) in [5, 5.41) is 16.7. The molecule has 1 aromatic carbocycles. The van der Waals surface area contributed by atoms with Crippen LogP contribution in [0, 0.1) is 5.92 Å². The Morgan fingerprint density at radius 3 is 2.41 bits per heavy atom. The van der Waals surface area contributed by atoms with Gasteiger partial charge in [0.2, 0.25) is 0 Å². The molecule has 1 heterocycles. The molecule has 5 nitrogen and oxygen atoms in total. The van der Waals surface area contributed by atoms with Gasteiger partial charge in [0.1, 0.15) is 0 Å². The molecule has 2 aliphatic rings. The number of nitrogens with zero attached hydrogens (tertiary/aromatic N) is 2. The van der Waals surface area contributed by atoms with E-state index in [0.717, 1.165) is 44.9 Å². The Kier molecular flexibility index (Phi) is 9.86. The topological polar surface area (TPSA) is 59.9 Å². The molecule has 0 bridgehead atoms. The van der Waals surface area contributed by atoms with Crippen molar-refractivity contribution in [2.45, 2.75) is 58.2 Å². The van der Waals surface area contributed by atoms with Gasteiger partial charge in [-0.2, -0.15) is 0 Å². The lowest BCUT2D eigenvalue weighted by atomic mass is 10.1. The molecule has 152 valence electrons. The van der Waals surface area contributed by atoms with Crippen LogP contribution in [0.5, 0.6) is 0 Å². The van der Waals surface area contributed by atoms with Gasteiger partial charge in [-0.05, 0) is 56.8 Å². The number of aliphatic hydroxyl groups is 1. The van der Waals surface area contributed by atoms with E-state index in [1.54, 1.807) is 0 Å². The van der Waals surface area contributed by atoms with E-state index in [0.29, 0.717) is 12.5 Å². The zero-order chi connectivity index (χ0) is 18.2. The molecule has 2 fully saturated rings. The fourth-order valence-electron chi connectivity index (χ4n) is 3.94. The Balaban J connectivity index is 0.00000261. The highest BCUT2D eigenvalue weighted by Gasteiger charge is 2.24. The summed E-state index contributed by atoms with van der Waals surface area (Å²) in [6.45, 7) is 7.92. The summed E-state index contributed by atoms with van der Waals surface area (Å²) in [5.74, 6) is 1.19. The van der Waals surface area contributed by atoms with Crippen LogP contribution in [-0.2, 0) is 13.1 Å². The smallest absolute Gasteiger partial charge is 0.191 e. The lowest BCUT2D eigenvalue weighted by Gasteiger charge is -2.17. The molecular formula is C21H35IN4O. The lowest BCUT2D eigenvalue weighted by Crippen LogP contribution is -2.41. The van der Waals surface area contributed by atoms with E-state index in [1.165, 1.54) is 37.1 Å². The van der Waals surface area contributed by atoms with Gasteiger partial charge in [0, 0.05) is 25.6 Å². The van der Waals surface area contributed by atoms with Crippen molar-refractivity contribution in [1.29, 1.82) is 0 Å². The molecule has 0 amide bonds. The molecule has 1 aliphatic heterocycles. The van der Waals surface area contributed by atoms with Crippen molar-refractivity contribution in [2.24, 2.45) is 10.9 Å². The SMILES string of the molecule is CCNC(=NCc1ccc(CN2CCCC2)cc1)NCC1CCCC1O.I. The highest BCUT2D eigenvalue weighted by atomic mass is 127. The molecule has 1 saturated carbocycles. The molecule has 0 radical (unpaired) electrons. The maximum Gasteiger partial charge on any atom is 0.191 e. The molecule has 27 heavy (non-hydrogen) atoms. The maximum absolute atomic E-state index is 9.96. The van der Waals surface area contributed by atoms with Crippen LogP contribution in [0.2, 0.25) is 0 Å². The third-order valence-corrected chi connectivity index (χ3v) is 5.54. The van der Waals surface area contributed by atoms with Gasteiger partial charge in [0.15, 0.2) is 5.96 Å². The van der Waals surface area contributed by atoms with Crippen LogP contribution in [0.4, 0.5) is 0 Å². The number of likely N-dealkylation sites (tertiary alicyclic amines) is 1. The van der Waals surface area contributed by atoms with Crippen molar-refractivity contribution in [3.63, 3.8) is 0 Å². The fourth-order valence-corrected chi connectivity index (χ4v) is 3.94. The molecule has 0 aromatic heterocycles. The standard InChI is InChI=1S/C21H34N4O.HI/c1-2-22-21(24-15-19-6-5-7-20(19)26)23-14-17-8-10-18(11-9-17)16-25-12-3-4-13-25;/h8-11,19-20,26H,2-7,12-16H2,1H3,(H2,22,23,24);1H. The number of aliphatic hydroxyl groups excluding tert-OH is 1. The monoisotopic (exact) mass is 486 g/mol. The van der Waals surface area contributed by atoms with Gasteiger partial charge in [-0.1, -0.05) is 30.7 Å². The van der Waals surface area contributed by atoms with Gasteiger partial charge in [0.05, 0.1) is 12.6 Å². The van der Waals surface area contributed by atoms with E-state index in [4.69, 9.17) is 4.99 Å². The van der Waals surface area contributed by atoms with Crippen LogP contribution >= 0.6 is 24.0 Å². The normalized spacial score (nSPS) is 23.3. The molecule has 1 aliphatic carbocycles. The molecule has 1 saturated heterocycles. The maximum atomic E-state index is 9.96. The van der Waals surface area contributed by atoms with Gasteiger partial charge in [-0.25, -0.2) is 4.99 Å². The summed E-state index contributed by atoms with van der Waals surface area (Å²) < 4.78 is 0. The van der Waals surface area contributed by atoms with Crippen molar-refractivity contribution >= 4 is 29.9 Å². The van der Waals surface area contributed by atoms with Crippen LogP contribution in [0.25, 0.3) is 0 Å². The average molecular weight is 486 g/mol. The van der Waals surface area contributed by atoms with E-state index in [1.807, 2.05) is 0 Å². The summed E-state index contributed by atoms with van der Waals surface area (Å²) >= 11 is 0. The molecule has 3 N–H and O–H groups in total. The van der Waals surface area contributed by atoms with E-state index in [-0.39, 0.29) is 30.1 Å². The summed E-state index contributed by atoms with van der Waals surface area (Å²) in [6.07, 6.45) is 5.69. The molecule has 3 rings (SSSR count). The van der Waals surface area contributed by atoms with Crippen LogP contribution in [-0.4, -0.2) is 48.2 Å². The van der Waals surface area contributed by atoms with E-state index in [9.17, 15) is 5.11 Å². The van der Waals surface area contributed by atoms with Gasteiger partial charge in [-0.3, -0.25) is 4.90 Å². The van der Waals surface area contributed by atoms with Gasteiger partial charge >= 0.3 is 0 Å². The summed E-state index contributed by atoms with van der Waals surface area (Å²) in [7, 11) is 0. The Labute approximate surface area is 181 Å². The largest absolute Gasteiger partial charge is 0.393 e. The first-order chi connectivity index (χ1) is 12.7. The number of guanidine groups is 1. The number of halogens is 1. The first-order valence-electron chi connectivity index (χ1n) is 10.2. The zero-order valence-electron chi connectivity index (χ0n) is 16.5. The molecule has 2 atom stereocenters. The average Bonchev–Trinajstić information content (AvgIpc) is 3.30. The van der Waals surface area contributed by atoms with Gasteiger partial charge in [-0.15, -0.1) is 24.0 Å². The van der Waals surface area contributed by atoms with Gasteiger partial charge < -0.3 is 15.7 Å². The Hall–Kier alpha value is -0.860. The number of hydrogen-bond donors (Lipinski definition) is 3. The number of aliphatic imine (C=N–C) groups is 1. The molecular weight excluding hydrogens is 451 g/mol. The summed E-state index contributed by atoms with van der Waals surface area (Å²) in [4.78, 5) is 7.23. The second kappa shape index (κ2) is 11.9. The van der Waals surface area contributed by atoms with Crippen LogP contribution < -0.4 is 10.6 Å². The number of benzene rings is 1. The Bertz CT molecular complexity index is 572. The Morgan fingerprint density at radius 2 is 1.78 bits per heavy atom. The lowest BCUT2D eigenvalue weighted by molar-refractivity contribution is 0.134. The zero-order valence-corrected chi connectivity index (χ0v) is 18.8. The molecule has 1 aromatic rings. The van der Waals surface area contributed by atoms with Crippen molar-refractivity contribution in [3.8, 4) is 0 Å². The third kappa shape index (κ3) is 7.23. The highest BCUT2D eigenvalue weighted by Crippen LogP contribution is 2.24. The van der Waals surface area contributed by atoms with Crippen molar-refractivity contribution in [3.05, 3.63) is 35.4 Å². The van der Waals surface area contributed by atoms with Crippen molar-refractivity contribution in [1.82, 2.24) is 15.5 Å². The van der Waals surface area contributed by atoms with Crippen molar-refractivity contribution < 1.29 is 5.11 Å². The van der Waals surface area contributed by atoms with E-state index < -0.39 is 0 Å². The summed E-state index contributed by atoms with van der Waals surface area (Å²) in [6, 6.07) is 8.86. The van der Waals surface area contributed by atoms with Crippen molar-refractivity contribution in [2.75, 3.05) is 26.2 Å². The minimum atomic E-state index is -0.159. The predicted octanol–water partition coefficient (Wildman–Crippen LogP) is 3.12. The number of hydrogen-bond acceptors (Lipinski definition) is 3. The fraction of sp³-hybridized carbons (Fsp3) is 0.667. The van der Waals surface area contributed by atoms with Gasteiger partial charge in [0.25, 0.3) is 0 Å². The molecule has 6 heteroatoms. The Morgan fingerprint density at radius 1 is 1.07 bits per heavy atom. The predicted molar refractivity (Wildman–Crippen MR) is 123 cm³/mol. The number of rotatable bonds is 7. The highest BCUT2D eigenvalue weighted by molar-refractivity contribution is 14.0. The first-order valence-corrected chi connectivity index (χ1v) is 10.2. The third-order valence-electron chi connectivity index (χ3n) is 5.54. The van der Waals surface area contributed by atoms with Crippen LogP contribution in [0.15, 0.2) is 29.3 Å². The minimum absolute atomic E-state index is 0. The second-order valence-corrected chi connectivity index (χ2v) is 7.63. The van der Waals surface area contributed by atoms with E-state index >= 15 is 0 Å². The minimum Gasteiger partial charge on any atom is -0.393 e. The van der Waals surface area contributed by atoms with Crippen LogP contribution in [0.1, 0.15) is 50.2 Å².